The number of hydrogen-bond acceptors (Lipinski definition) is 4. The molecule has 7 heteroatoms. The molecule has 2 aliphatic heterocycles. The summed E-state index contributed by atoms with van der Waals surface area (Å²) >= 11 is 0. The molecule has 1 N–H and O–H groups in total. The van der Waals surface area contributed by atoms with E-state index in [1.54, 1.807) is 24.1 Å². The third-order valence-electron chi connectivity index (χ3n) is 5.52. The molecule has 0 spiro atoms. The number of rotatable bonds is 4. The summed E-state index contributed by atoms with van der Waals surface area (Å²) in [6.07, 6.45) is 3.34. The van der Waals surface area contributed by atoms with Crippen molar-refractivity contribution < 1.29 is 9.53 Å². The minimum Gasteiger partial charge on any atom is -0.497 e. The van der Waals surface area contributed by atoms with E-state index < -0.39 is 0 Å². The zero-order chi connectivity index (χ0) is 18.1. The van der Waals surface area contributed by atoms with Crippen LogP contribution in [0.5, 0.6) is 5.75 Å². The number of nitrogens with one attached hydrogen (secondary N) is 1. The van der Waals surface area contributed by atoms with Gasteiger partial charge in [-0.3, -0.25) is 9.59 Å². The van der Waals surface area contributed by atoms with Crippen molar-refractivity contribution in [3.8, 4) is 5.75 Å². The van der Waals surface area contributed by atoms with E-state index in [4.69, 9.17) is 4.74 Å². The van der Waals surface area contributed by atoms with Crippen LogP contribution in [0.1, 0.15) is 11.6 Å². The molecule has 2 aliphatic rings. The van der Waals surface area contributed by atoms with Crippen molar-refractivity contribution in [3.63, 3.8) is 0 Å². The fourth-order valence-electron chi connectivity index (χ4n) is 4.20. The van der Waals surface area contributed by atoms with Crippen molar-refractivity contribution in [2.24, 2.45) is 11.8 Å². The highest BCUT2D eigenvalue weighted by Crippen LogP contribution is 2.43. The summed E-state index contributed by atoms with van der Waals surface area (Å²) in [5.74, 6) is 1.82. The maximum absolute atomic E-state index is 13.0. The number of aromatic nitrogens is 1. The summed E-state index contributed by atoms with van der Waals surface area (Å²) in [5.41, 5.74) is 1.10. The van der Waals surface area contributed by atoms with Crippen LogP contribution < -0.4 is 15.5 Å². The number of benzene rings is 1. The number of nitrogens with zero attached hydrogens (tertiary/aromatic N) is 2. The van der Waals surface area contributed by atoms with E-state index in [1.807, 2.05) is 17.0 Å². The predicted molar refractivity (Wildman–Crippen MR) is 105 cm³/mol. The summed E-state index contributed by atoms with van der Waals surface area (Å²) in [6, 6.07) is 11.1. The third-order valence-corrected chi connectivity index (χ3v) is 5.52. The Morgan fingerprint density at radius 1 is 1.15 bits per heavy atom. The van der Waals surface area contributed by atoms with Gasteiger partial charge in [0.1, 0.15) is 12.3 Å². The van der Waals surface area contributed by atoms with Crippen LogP contribution in [0, 0.1) is 11.8 Å². The van der Waals surface area contributed by atoms with Crippen LogP contribution in [0.15, 0.2) is 53.6 Å². The first-order valence-electron chi connectivity index (χ1n) is 8.96. The Labute approximate surface area is 164 Å². The minimum absolute atomic E-state index is 0. The molecule has 0 aliphatic carbocycles. The summed E-state index contributed by atoms with van der Waals surface area (Å²) in [6.45, 7) is 2.91. The summed E-state index contributed by atoms with van der Waals surface area (Å²) in [7, 11) is 1.65. The molecule has 0 saturated carbocycles. The van der Waals surface area contributed by atoms with E-state index in [0.29, 0.717) is 11.8 Å². The van der Waals surface area contributed by atoms with Crippen molar-refractivity contribution in [2.75, 3.05) is 26.7 Å². The van der Waals surface area contributed by atoms with E-state index in [2.05, 4.69) is 17.4 Å². The van der Waals surface area contributed by atoms with Gasteiger partial charge in [0.2, 0.25) is 5.91 Å². The molecule has 3 heterocycles. The second-order valence-corrected chi connectivity index (χ2v) is 7.05. The molecular formula is C20H24ClN3O3. The van der Waals surface area contributed by atoms with E-state index in [0.717, 1.165) is 30.9 Å². The Hall–Kier alpha value is -2.31. The van der Waals surface area contributed by atoms with Gasteiger partial charge >= 0.3 is 0 Å². The molecule has 0 radical (unpaired) electrons. The first-order valence-corrected chi connectivity index (χ1v) is 8.96. The van der Waals surface area contributed by atoms with Crippen LogP contribution in [0.4, 0.5) is 0 Å². The lowest BCUT2D eigenvalue weighted by Gasteiger charge is -2.29. The quantitative estimate of drug-likeness (QED) is 0.864. The lowest BCUT2D eigenvalue weighted by Crippen LogP contribution is -2.36. The Morgan fingerprint density at radius 3 is 2.52 bits per heavy atom. The van der Waals surface area contributed by atoms with Gasteiger partial charge in [-0.25, -0.2) is 0 Å². The van der Waals surface area contributed by atoms with Crippen molar-refractivity contribution in [1.82, 2.24) is 14.8 Å². The smallest absolute Gasteiger partial charge is 0.243 e. The van der Waals surface area contributed by atoms with E-state index in [9.17, 15) is 9.59 Å². The highest BCUT2D eigenvalue weighted by Gasteiger charge is 2.46. The van der Waals surface area contributed by atoms with E-state index in [-0.39, 0.29) is 36.3 Å². The Balaban J connectivity index is 0.00000210. The molecule has 2 saturated heterocycles. The van der Waals surface area contributed by atoms with Gasteiger partial charge in [0.25, 0.3) is 0 Å². The predicted octanol–water partition coefficient (Wildman–Crippen LogP) is 1.70. The standard InChI is InChI=1S/C20H23N3O3.ClH/c1-26-17-4-2-14(3-5-17)20-18-11-21-10-15(18)12-23(20)19(25)13-22-8-6-16(24)7-9-22;/h2-9,15,18,20-21H,10-13H2,1H3;1H/t15-,18-,20+;/m0./s1. The highest BCUT2D eigenvalue weighted by molar-refractivity contribution is 5.85. The van der Waals surface area contributed by atoms with Crippen LogP contribution in [-0.4, -0.2) is 42.1 Å². The number of hydrogen-bond donors (Lipinski definition) is 1. The second-order valence-electron chi connectivity index (χ2n) is 7.05. The van der Waals surface area contributed by atoms with Crippen molar-refractivity contribution in [2.45, 2.75) is 12.6 Å². The zero-order valence-electron chi connectivity index (χ0n) is 15.2. The molecule has 2 aromatic rings. The van der Waals surface area contributed by atoms with Gasteiger partial charge in [-0.15, -0.1) is 12.4 Å². The summed E-state index contributed by atoms with van der Waals surface area (Å²) in [4.78, 5) is 26.3. The molecule has 1 aromatic heterocycles. The number of halogens is 1. The van der Waals surface area contributed by atoms with Crippen molar-refractivity contribution in [3.05, 3.63) is 64.6 Å². The summed E-state index contributed by atoms with van der Waals surface area (Å²) in [5, 5.41) is 3.46. The van der Waals surface area contributed by atoms with Gasteiger partial charge in [-0.1, -0.05) is 12.1 Å². The summed E-state index contributed by atoms with van der Waals surface area (Å²) < 4.78 is 7.02. The molecule has 144 valence electrons. The first kappa shape index (κ1) is 19.5. The van der Waals surface area contributed by atoms with Gasteiger partial charge in [0.15, 0.2) is 5.43 Å². The SMILES string of the molecule is COc1ccc([C@@H]2[C@H]3CNC[C@H]3CN2C(=O)Cn2ccc(=O)cc2)cc1.Cl. The van der Waals surface area contributed by atoms with Gasteiger partial charge in [-0.05, 0) is 23.6 Å². The molecule has 1 amide bonds. The van der Waals surface area contributed by atoms with Crippen LogP contribution in [-0.2, 0) is 11.3 Å². The average Bonchev–Trinajstić information content (AvgIpc) is 3.25. The molecule has 1 aromatic carbocycles. The molecular weight excluding hydrogens is 366 g/mol. The van der Waals surface area contributed by atoms with Gasteiger partial charge < -0.3 is 19.5 Å². The third kappa shape index (κ3) is 3.87. The zero-order valence-corrected chi connectivity index (χ0v) is 16.0. The molecule has 3 atom stereocenters. The molecule has 0 unspecified atom stereocenters. The molecule has 27 heavy (non-hydrogen) atoms. The number of ether oxygens (including phenoxy) is 1. The number of pyridine rings is 1. The Bertz CT molecular complexity index is 832. The number of carbonyl (C=O) groups is 1. The lowest BCUT2D eigenvalue weighted by atomic mass is 9.89. The van der Waals surface area contributed by atoms with Crippen LogP contribution >= 0.6 is 12.4 Å². The second kappa shape index (κ2) is 8.15. The number of likely N-dealkylation sites (tertiary alicyclic amines) is 1. The largest absolute Gasteiger partial charge is 0.497 e. The fraction of sp³-hybridized carbons (Fsp3) is 0.400. The number of amides is 1. The monoisotopic (exact) mass is 389 g/mol. The van der Waals surface area contributed by atoms with Gasteiger partial charge in [0, 0.05) is 50.1 Å². The maximum atomic E-state index is 13.0. The Morgan fingerprint density at radius 2 is 1.85 bits per heavy atom. The first-order chi connectivity index (χ1) is 12.7. The van der Waals surface area contributed by atoms with Gasteiger partial charge in [0.05, 0.1) is 13.2 Å². The number of fused-ring (bicyclic) bond motifs is 1. The molecule has 2 fully saturated rings. The van der Waals surface area contributed by atoms with Crippen LogP contribution in [0.3, 0.4) is 0 Å². The van der Waals surface area contributed by atoms with Crippen LogP contribution in [0.2, 0.25) is 0 Å². The minimum atomic E-state index is -0.0495. The fourth-order valence-corrected chi connectivity index (χ4v) is 4.20. The van der Waals surface area contributed by atoms with E-state index >= 15 is 0 Å². The average molecular weight is 390 g/mol. The topological polar surface area (TPSA) is 63.6 Å². The van der Waals surface area contributed by atoms with E-state index in [1.165, 1.54) is 12.1 Å². The molecule has 0 bridgehead atoms. The molecule has 6 nitrogen and oxygen atoms in total. The van der Waals surface area contributed by atoms with Crippen LogP contribution in [0.25, 0.3) is 0 Å². The van der Waals surface area contributed by atoms with Gasteiger partial charge in [-0.2, -0.15) is 0 Å². The maximum Gasteiger partial charge on any atom is 0.243 e. The number of methoxy groups -OCH3 is 1. The molecule has 4 rings (SSSR count). The lowest BCUT2D eigenvalue weighted by molar-refractivity contribution is -0.133. The van der Waals surface area contributed by atoms with Crippen molar-refractivity contribution in [1.29, 1.82) is 0 Å². The normalized spacial score (nSPS) is 23.6. The number of carbonyl (C=O) groups excluding carboxylic acids is 1. The highest BCUT2D eigenvalue weighted by atomic mass is 35.5. The Kier molecular flexibility index (Phi) is 5.87. The van der Waals surface area contributed by atoms with Crippen molar-refractivity contribution >= 4 is 18.3 Å².